The first-order chi connectivity index (χ1) is 14.5. The molecule has 0 N–H and O–H groups in total. The van der Waals surface area contributed by atoms with Crippen LogP contribution in [0.2, 0.25) is 0 Å². The molecule has 2 atom stereocenters. The molecule has 1 aromatic carbocycles. The van der Waals surface area contributed by atoms with E-state index in [9.17, 15) is 26.7 Å². The van der Waals surface area contributed by atoms with Gasteiger partial charge in [-0.2, -0.15) is 27.2 Å². The minimum Gasteiger partial charge on any atom is -0.441 e. The number of fused-ring (bicyclic) bond motifs is 1. The Kier molecular flexibility index (Phi) is 5.06. The summed E-state index contributed by atoms with van der Waals surface area (Å²) in [6.07, 6.45) is -3.03. The maximum atomic E-state index is 13.4. The van der Waals surface area contributed by atoms with Crippen molar-refractivity contribution in [1.29, 1.82) is 5.26 Å². The quantitative estimate of drug-likeness (QED) is 0.655. The monoisotopic (exact) mass is 442 g/mol. The van der Waals surface area contributed by atoms with Crippen LogP contribution in [0, 0.1) is 17.2 Å². The Morgan fingerprint density at radius 3 is 2.77 bits per heavy atom. The fraction of sp³-hybridized carbons (Fsp3) is 0.550. The molecule has 1 aromatic heterocycles. The standard InChI is InChI=1S/C20H19F5N4O2/c21-19(22,20(23,24)25)11-29-10-18(31-17(29)30)5-1-2-14(7-18)9-28-12-27-15-4-3-13(8-26)6-16(15)28/h3-4,6,12,14H,1-2,5,7,9-11H2. The first kappa shape index (κ1) is 21.3. The number of aromatic nitrogens is 2. The second-order valence-electron chi connectivity index (χ2n) is 8.28. The lowest BCUT2D eigenvalue weighted by Gasteiger charge is -2.36. The number of rotatable bonds is 4. The third kappa shape index (κ3) is 4.03. The van der Waals surface area contributed by atoms with Crippen molar-refractivity contribution < 1.29 is 31.5 Å². The van der Waals surface area contributed by atoms with E-state index < -0.39 is 30.3 Å². The smallest absolute Gasteiger partial charge is 0.441 e. The van der Waals surface area contributed by atoms with Crippen LogP contribution in [0.1, 0.15) is 31.2 Å². The van der Waals surface area contributed by atoms with Gasteiger partial charge in [0.15, 0.2) is 0 Å². The van der Waals surface area contributed by atoms with Crippen molar-refractivity contribution in [2.24, 2.45) is 5.92 Å². The van der Waals surface area contributed by atoms with Crippen molar-refractivity contribution in [2.45, 2.75) is 49.9 Å². The van der Waals surface area contributed by atoms with E-state index in [4.69, 9.17) is 10.00 Å². The van der Waals surface area contributed by atoms with Gasteiger partial charge in [0.1, 0.15) is 5.60 Å². The molecule has 1 aliphatic carbocycles. The summed E-state index contributed by atoms with van der Waals surface area (Å²) < 4.78 is 71.8. The van der Waals surface area contributed by atoms with Crippen molar-refractivity contribution in [3.63, 3.8) is 0 Å². The number of ether oxygens (including phenoxy) is 1. The molecule has 2 fully saturated rings. The molecule has 2 aromatic rings. The molecule has 2 heterocycles. The third-order valence-corrected chi connectivity index (χ3v) is 5.96. The average Bonchev–Trinajstić information content (AvgIpc) is 3.21. The van der Waals surface area contributed by atoms with Crippen molar-refractivity contribution in [1.82, 2.24) is 14.5 Å². The van der Waals surface area contributed by atoms with Crippen LogP contribution >= 0.6 is 0 Å². The van der Waals surface area contributed by atoms with Gasteiger partial charge < -0.3 is 9.30 Å². The Balaban J connectivity index is 1.48. The topological polar surface area (TPSA) is 71.2 Å². The molecule has 6 nitrogen and oxygen atoms in total. The number of nitrogens with zero attached hydrogens (tertiary/aromatic N) is 4. The van der Waals surface area contributed by atoms with E-state index in [2.05, 4.69) is 11.1 Å². The number of alkyl halides is 5. The number of hydrogen-bond donors (Lipinski definition) is 0. The van der Waals surface area contributed by atoms with E-state index in [1.165, 1.54) is 0 Å². The molecule has 1 saturated heterocycles. The summed E-state index contributed by atoms with van der Waals surface area (Å²) >= 11 is 0. The Bertz CT molecular complexity index is 1040. The van der Waals surface area contributed by atoms with Crippen LogP contribution in [-0.2, 0) is 11.3 Å². The van der Waals surface area contributed by atoms with Gasteiger partial charge in [-0.3, -0.25) is 4.90 Å². The van der Waals surface area contributed by atoms with Crippen molar-refractivity contribution in [2.75, 3.05) is 13.1 Å². The van der Waals surface area contributed by atoms with Gasteiger partial charge in [0.2, 0.25) is 0 Å². The van der Waals surface area contributed by atoms with Crippen LogP contribution in [0.3, 0.4) is 0 Å². The fourth-order valence-corrected chi connectivity index (χ4v) is 4.53. The van der Waals surface area contributed by atoms with Gasteiger partial charge >= 0.3 is 18.2 Å². The summed E-state index contributed by atoms with van der Waals surface area (Å²) in [5.41, 5.74) is 0.904. The highest BCUT2D eigenvalue weighted by molar-refractivity contribution is 5.77. The van der Waals surface area contributed by atoms with Crippen LogP contribution in [0.15, 0.2) is 24.5 Å². The van der Waals surface area contributed by atoms with Gasteiger partial charge in [-0.15, -0.1) is 0 Å². The van der Waals surface area contributed by atoms with Gasteiger partial charge in [0, 0.05) is 6.54 Å². The molecule has 1 spiro atoms. The van der Waals surface area contributed by atoms with E-state index in [-0.39, 0.29) is 12.5 Å². The molecule has 31 heavy (non-hydrogen) atoms. The second kappa shape index (κ2) is 7.35. The number of carbonyl (C=O) groups excluding carboxylic acids is 1. The summed E-state index contributed by atoms with van der Waals surface area (Å²) in [6, 6.07) is 7.20. The molecule has 1 saturated carbocycles. The predicted octanol–water partition coefficient (Wildman–Crippen LogP) is 4.49. The van der Waals surface area contributed by atoms with E-state index in [1.54, 1.807) is 24.5 Å². The Morgan fingerprint density at radius 2 is 2.06 bits per heavy atom. The third-order valence-electron chi connectivity index (χ3n) is 5.96. The number of carbonyl (C=O) groups is 1. The predicted molar refractivity (Wildman–Crippen MR) is 98.2 cm³/mol. The van der Waals surface area contributed by atoms with Crippen LogP contribution in [-0.4, -0.2) is 51.3 Å². The molecule has 0 radical (unpaired) electrons. The molecule has 2 aliphatic rings. The van der Waals surface area contributed by atoms with E-state index in [0.29, 0.717) is 36.3 Å². The zero-order chi connectivity index (χ0) is 22.4. The zero-order valence-electron chi connectivity index (χ0n) is 16.3. The van der Waals surface area contributed by atoms with E-state index in [0.717, 1.165) is 17.5 Å². The summed E-state index contributed by atoms with van der Waals surface area (Å²) in [5.74, 6) is -4.99. The molecular weight excluding hydrogens is 423 g/mol. The van der Waals surface area contributed by atoms with Crippen molar-refractivity contribution in [3.8, 4) is 6.07 Å². The number of amides is 1. The maximum Gasteiger partial charge on any atom is 0.455 e. The minimum atomic E-state index is -5.73. The summed E-state index contributed by atoms with van der Waals surface area (Å²) in [4.78, 5) is 16.8. The number of benzene rings is 1. The Hall–Kier alpha value is -2.90. The number of imidazole rings is 1. The van der Waals surface area contributed by atoms with Gasteiger partial charge in [-0.05, 0) is 49.8 Å². The zero-order valence-corrected chi connectivity index (χ0v) is 16.3. The highest BCUT2D eigenvalue weighted by atomic mass is 19.4. The Morgan fingerprint density at radius 1 is 1.29 bits per heavy atom. The van der Waals surface area contributed by atoms with Crippen LogP contribution < -0.4 is 0 Å². The van der Waals surface area contributed by atoms with Gasteiger partial charge in [0.05, 0.1) is 42.1 Å². The van der Waals surface area contributed by atoms with Gasteiger partial charge in [-0.25, -0.2) is 9.78 Å². The molecule has 0 bridgehead atoms. The normalized spacial score (nSPS) is 24.6. The molecule has 1 aliphatic heterocycles. The number of hydrogen-bond acceptors (Lipinski definition) is 4. The van der Waals surface area contributed by atoms with Gasteiger partial charge in [0.25, 0.3) is 0 Å². The van der Waals surface area contributed by atoms with E-state index in [1.807, 2.05) is 4.57 Å². The van der Waals surface area contributed by atoms with Crippen LogP contribution in [0.5, 0.6) is 0 Å². The lowest BCUT2D eigenvalue weighted by molar-refractivity contribution is -0.284. The number of nitriles is 1. The average molecular weight is 442 g/mol. The maximum absolute atomic E-state index is 13.4. The van der Waals surface area contributed by atoms with Crippen LogP contribution in [0.25, 0.3) is 11.0 Å². The first-order valence-electron chi connectivity index (χ1n) is 9.79. The largest absolute Gasteiger partial charge is 0.455 e. The molecule has 4 rings (SSSR count). The molecular formula is C20H19F5N4O2. The first-order valence-corrected chi connectivity index (χ1v) is 9.79. The Labute approximate surface area is 174 Å². The van der Waals surface area contributed by atoms with Crippen molar-refractivity contribution >= 4 is 17.1 Å². The molecule has 1 amide bonds. The molecule has 11 heteroatoms. The second-order valence-corrected chi connectivity index (χ2v) is 8.28. The highest BCUT2D eigenvalue weighted by Gasteiger charge is 2.60. The van der Waals surface area contributed by atoms with Crippen LogP contribution in [0.4, 0.5) is 26.7 Å². The molecule has 166 valence electrons. The summed E-state index contributed by atoms with van der Waals surface area (Å²) in [5, 5.41) is 9.11. The van der Waals surface area contributed by atoms with Crippen molar-refractivity contribution in [3.05, 3.63) is 30.1 Å². The SMILES string of the molecule is N#Cc1ccc2ncn(CC3CCCC4(C3)CN(CC(F)(F)C(F)(F)F)C(=O)O4)c2c1. The summed E-state index contributed by atoms with van der Waals surface area (Å²) in [6.45, 7) is -1.54. The summed E-state index contributed by atoms with van der Waals surface area (Å²) in [7, 11) is 0. The number of halogens is 5. The van der Waals surface area contributed by atoms with E-state index >= 15 is 0 Å². The minimum absolute atomic E-state index is 0.00719. The fourth-order valence-electron chi connectivity index (χ4n) is 4.53. The lowest BCUT2D eigenvalue weighted by atomic mass is 9.78. The molecule has 2 unspecified atom stereocenters. The lowest BCUT2D eigenvalue weighted by Crippen LogP contribution is -2.48. The highest BCUT2D eigenvalue weighted by Crippen LogP contribution is 2.43. The van der Waals surface area contributed by atoms with Gasteiger partial charge in [-0.1, -0.05) is 0 Å².